The number of rotatable bonds is 5. The number of benzene rings is 1. The molecule has 0 aliphatic heterocycles. The number of nitrogens with two attached hydrogens (primary N) is 2. The quantitative estimate of drug-likeness (QED) is 0.216. The van der Waals surface area contributed by atoms with Gasteiger partial charge in [-0.15, -0.1) is 5.10 Å². The molecule has 96 valence electrons. The molecule has 0 saturated carbocycles. The molecule has 8 heteroatoms. The summed E-state index contributed by atoms with van der Waals surface area (Å²) in [6.07, 6.45) is 1.38. The first-order chi connectivity index (χ1) is 8.52. The first-order valence-corrected chi connectivity index (χ1v) is 5.28. The molecule has 0 radical (unpaired) electrons. The summed E-state index contributed by atoms with van der Waals surface area (Å²) in [5.41, 5.74) is 11.1. The van der Waals surface area contributed by atoms with Crippen LogP contribution < -0.4 is 21.7 Å². The molecule has 0 heterocycles. The lowest BCUT2D eigenvalue weighted by molar-refractivity contribution is 0.340. The lowest BCUT2D eigenvalue weighted by Crippen LogP contribution is -2.30. The van der Waals surface area contributed by atoms with E-state index in [1.54, 1.807) is 12.1 Å². The van der Waals surface area contributed by atoms with E-state index in [1.165, 1.54) is 12.3 Å². The second-order valence-electron chi connectivity index (χ2n) is 3.41. The monoisotopic (exact) mass is 250 g/mol. The van der Waals surface area contributed by atoms with Gasteiger partial charge in [0.2, 0.25) is 5.96 Å². The van der Waals surface area contributed by atoms with Crippen LogP contribution in [0, 0.1) is 0 Å². The van der Waals surface area contributed by atoms with Gasteiger partial charge in [-0.25, -0.2) is 0 Å². The van der Waals surface area contributed by atoms with E-state index in [4.69, 9.17) is 26.3 Å². The van der Waals surface area contributed by atoms with Crippen molar-refractivity contribution in [1.82, 2.24) is 0 Å². The summed E-state index contributed by atoms with van der Waals surface area (Å²) in [4.78, 5) is 0. The standard InChI is InChI=1S/C10H15BN4O3/c1-2-18-9-4-7(6-14-15-10(12)13)3-8(5-9)11(16)17/h3-6,16-17H,2H2,1H3,(H4,12,13,15). The molecule has 0 saturated heterocycles. The number of hydrogen-bond acceptors (Lipinski definition) is 5. The van der Waals surface area contributed by atoms with Crippen molar-refractivity contribution in [3.63, 3.8) is 0 Å². The van der Waals surface area contributed by atoms with Crippen molar-refractivity contribution in [3.05, 3.63) is 23.8 Å². The Balaban J connectivity index is 3.03. The third-order valence-corrected chi connectivity index (χ3v) is 1.94. The molecule has 1 rings (SSSR count). The number of hydrogen-bond donors (Lipinski definition) is 4. The summed E-state index contributed by atoms with van der Waals surface area (Å²) in [6, 6.07) is 4.76. The van der Waals surface area contributed by atoms with Crippen molar-refractivity contribution in [3.8, 4) is 5.75 Å². The zero-order valence-electron chi connectivity index (χ0n) is 9.95. The Morgan fingerprint density at radius 2 is 2.11 bits per heavy atom. The van der Waals surface area contributed by atoms with Gasteiger partial charge < -0.3 is 26.3 Å². The highest BCUT2D eigenvalue weighted by molar-refractivity contribution is 6.58. The lowest BCUT2D eigenvalue weighted by atomic mass is 9.79. The van der Waals surface area contributed by atoms with Crippen molar-refractivity contribution in [2.24, 2.45) is 21.7 Å². The normalized spacial score (nSPS) is 10.4. The smallest absolute Gasteiger partial charge is 0.488 e. The Morgan fingerprint density at radius 1 is 1.39 bits per heavy atom. The molecule has 0 spiro atoms. The largest absolute Gasteiger partial charge is 0.494 e. The Labute approximate surface area is 105 Å². The van der Waals surface area contributed by atoms with E-state index >= 15 is 0 Å². The fourth-order valence-corrected chi connectivity index (χ4v) is 1.28. The molecule has 6 N–H and O–H groups in total. The third kappa shape index (κ3) is 4.44. The van der Waals surface area contributed by atoms with Crippen LogP contribution in [0.5, 0.6) is 5.75 Å². The van der Waals surface area contributed by atoms with E-state index in [1.807, 2.05) is 6.92 Å². The van der Waals surface area contributed by atoms with E-state index < -0.39 is 7.12 Å². The van der Waals surface area contributed by atoms with E-state index in [9.17, 15) is 0 Å². The van der Waals surface area contributed by atoms with Gasteiger partial charge in [-0.3, -0.25) is 0 Å². The molecule has 7 nitrogen and oxygen atoms in total. The number of guanidine groups is 1. The fraction of sp³-hybridized carbons (Fsp3) is 0.200. The van der Waals surface area contributed by atoms with Gasteiger partial charge in [0.25, 0.3) is 0 Å². The van der Waals surface area contributed by atoms with Crippen LogP contribution in [0.1, 0.15) is 12.5 Å². The van der Waals surface area contributed by atoms with E-state index in [-0.39, 0.29) is 5.96 Å². The van der Waals surface area contributed by atoms with Crippen LogP contribution in [0.2, 0.25) is 0 Å². The summed E-state index contributed by atoms with van der Waals surface area (Å²) in [5, 5.41) is 25.4. The SMILES string of the molecule is CCOc1cc(C=NN=C(N)N)cc(B(O)O)c1. The molecule has 0 bridgehead atoms. The van der Waals surface area contributed by atoms with Crippen molar-refractivity contribution in [1.29, 1.82) is 0 Å². The highest BCUT2D eigenvalue weighted by Crippen LogP contribution is 2.11. The zero-order valence-corrected chi connectivity index (χ0v) is 9.95. The summed E-state index contributed by atoms with van der Waals surface area (Å²) in [5.74, 6) is 0.351. The molecule has 1 aromatic rings. The van der Waals surface area contributed by atoms with Gasteiger partial charge in [0, 0.05) is 0 Å². The zero-order chi connectivity index (χ0) is 13.5. The van der Waals surface area contributed by atoms with Crippen LogP contribution in [0.25, 0.3) is 0 Å². The molecule has 1 aromatic carbocycles. The average Bonchev–Trinajstić information content (AvgIpc) is 2.28. The minimum absolute atomic E-state index is 0.158. The van der Waals surface area contributed by atoms with Gasteiger partial charge in [0.15, 0.2) is 0 Å². The van der Waals surface area contributed by atoms with Gasteiger partial charge >= 0.3 is 7.12 Å². The molecule has 0 aliphatic rings. The van der Waals surface area contributed by atoms with Crippen molar-refractivity contribution in [2.45, 2.75) is 6.92 Å². The highest BCUT2D eigenvalue weighted by Gasteiger charge is 2.13. The van der Waals surface area contributed by atoms with Crippen LogP contribution in [-0.4, -0.2) is 35.9 Å². The third-order valence-electron chi connectivity index (χ3n) is 1.94. The molecule has 18 heavy (non-hydrogen) atoms. The topological polar surface area (TPSA) is 126 Å². The fourth-order valence-electron chi connectivity index (χ4n) is 1.28. The summed E-state index contributed by atoms with van der Waals surface area (Å²) in [7, 11) is -1.58. The first-order valence-electron chi connectivity index (χ1n) is 5.28. The molecule has 0 atom stereocenters. The second-order valence-corrected chi connectivity index (χ2v) is 3.41. The Hall–Kier alpha value is -2.06. The van der Waals surface area contributed by atoms with Crippen LogP contribution >= 0.6 is 0 Å². The van der Waals surface area contributed by atoms with Gasteiger partial charge in [0.05, 0.1) is 12.8 Å². The lowest BCUT2D eigenvalue weighted by Gasteiger charge is -2.07. The van der Waals surface area contributed by atoms with Gasteiger partial charge in [-0.1, -0.05) is 6.07 Å². The summed E-state index contributed by atoms with van der Waals surface area (Å²) in [6.45, 7) is 2.30. The van der Waals surface area contributed by atoms with Crippen LogP contribution in [-0.2, 0) is 0 Å². The van der Waals surface area contributed by atoms with E-state index in [0.29, 0.717) is 23.4 Å². The van der Waals surface area contributed by atoms with Crippen LogP contribution in [0.3, 0.4) is 0 Å². The minimum atomic E-state index is -1.58. The Bertz CT molecular complexity index is 458. The summed E-state index contributed by atoms with van der Waals surface area (Å²) >= 11 is 0. The van der Waals surface area contributed by atoms with Crippen LogP contribution in [0.15, 0.2) is 28.4 Å². The maximum atomic E-state index is 9.14. The second kappa shape index (κ2) is 6.62. The minimum Gasteiger partial charge on any atom is -0.494 e. The molecular formula is C10H15BN4O3. The number of ether oxygens (including phenoxy) is 1. The van der Waals surface area contributed by atoms with Gasteiger partial charge in [0.1, 0.15) is 5.75 Å². The molecule has 0 aliphatic carbocycles. The average molecular weight is 250 g/mol. The van der Waals surface area contributed by atoms with Crippen molar-refractivity contribution >= 4 is 24.8 Å². The molecule has 0 aromatic heterocycles. The summed E-state index contributed by atoms with van der Waals surface area (Å²) < 4.78 is 5.30. The van der Waals surface area contributed by atoms with E-state index in [0.717, 1.165) is 0 Å². The Morgan fingerprint density at radius 3 is 2.67 bits per heavy atom. The molecule has 0 amide bonds. The molecular weight excluding hydrogens is 235 g/mol. The highest BCUT2D eigenvalue weighted by atomic mass is 16.5. The Kier molecular flexibility index (Phi) is 5.16. The van der Waals surface area contributed by atoms with E-state index in [2.05, 4.69) is 10.2 Å². The van der Waals surface area contributed by atoms with Gasteiger partial charge in [-0.2, -0.15) is 5.10 Å². The van der Waals surface area contributed by atoms with Gasteiger partial charge in [-0.05, 0) is 30.1 Å². The maximum absolute atomic E-state index is 9.14. The maximum Gasteiger partial charge on any atom is 0.488 e. The van der Waals surface area contributed by atoms with Crippen LogP contribution in [0.4, 0.5) is 0 Å². The number of nitrogens with zero attached hydrogens (tertiary/aromatic N) is 2. The molecule has 0 fully saturated rings. The predicted molar refractivity (Wildman–Crippen MR) is 70.8 cm³/mol. The van der Waals surface area contributed by atoms with Crippen molar-refractivity contribution in [2.75, 3.05) is 6.61 Å². The first kappa shape index (κ1) is 14.0. The molecule has 0 unspecified atom stereocenters. The predicted octanol–water partition coefficient (Wildman–Crippen LogP) is -1.63. The van der Waals surface area contributed by atoms with Crippen molar-refractivity contribution < 1.29 is 14.8 Å².